The highest BCUT2D eigenvalue weighted by Crippen LogP contribution is 2.01. The van der Waals surface area contributed by atoms with Crippen LogP contribution in [-0.2, 0) is 0 Å². The van der Waals surface area contributed by atoms with E-state index in [2.05, 4.69) is 25.7 Å². The van der Waals surface area contributed by atoms with Gasteiger partial charge in [-0.3, -0.25) is 0 Å². The molecule has 0 unspecified atom stereocenters. The highest BCUT2D eigenvalue weighted by atomic mass is 15.1. The average molecular weight is 170 g/mol. The van der Waals surface area contributed by atoms with Crippen LogP contribution >= 0.6 is 0 Å². The summed E-state index contributed by atoms with van der Waals surface area (Å²) in [7, 11) is 0. The average Bonchev–Trinajstić information content (AvgIpc) is 2.10. The lowest BCUT2D eigenvalue weighted by atomic mass is 10.2. The number of hydrogen-bond donors (Lipinski definition) is 0. The van der Waals surface area contributed by atoms with Crippen LogP contribution in [0.5, 0.6) is 0 Å². The summed E-state index contributed by atoms with van der Waals surface area (Å²) in [6.45, 7) is 12.0. The molecule has 0 spiro atoms. The van der Waals surface area contributed by atoms with Crippen molar-refractivity contribution < 1.29 is 0 Å². The van der Waals surface area contributed by atoms with E-state index < -0.39 is 0 Å². The third-order valence-corrected chi connectivity index (χ3v) is 2.25. The van der Waals surface area contributed by atoms with Crippen molar-refractivity contribution in [1.82, 2.24) is 4.90 Å². The van der Waals surface area contributed by atoms with Gasteiger partial charge in [0.1, 0.15) is 0 Å². The van der Waals surface area contributed by atoms with E-state index in [0.717, 1.165) is 6.42 Å². The van der Waals surface area contributed by atoms with Crippen molar-refractivity contribution >= 4 is 0 Å². The van der Waals surface area contributed by atoms with Gasteiger partial charge >= 0.3 is 0 Å². The molecule has 0 saturated carbocycles. The summed E-state index contributed by atoms with van der Waals surface area (Å²) in [5.74, 6) is 0. The highest BCUT2D eigenvalue weighted by Gasteiger charge is 1.98. The number of nitrogens with zero attached hydrogens (tertiary/aromatic N) is 1. The molecule has 0 aliphatic heterocycles. The van der Waals surface area contributed by atoms with Crippen LogP contribution in [0.1, 0.15) is 46.0 Å². The minimum Gasteiger partial charge on any atom is -0.304 e. The number of rotatable bonds is 8. The van der Waals surface area contributed by atoms with Gasteiger partial charge in [0, 0.05) is 0 Å². The largest absolute Gasteiger partial charge is 0.304 e. The van der Waals surface area contributed by atoms with Crippen molar-refractivity contribution in [2.45, 2.75) is 46.0 Å². The molecule has 0 atom stereocenters. The first kappa shape index (κ1) is 12.0. The molecule has 0 amide bonds. The Kier molecular flexibility index (Phi) is 9.02. The summed E-state index contributed by atoms with van der Waals surface area (Å²) >= 11 is 0. The minimum atomic E-state index is 1.04. The van der Waals surface area contributed by atoms with Gasteiger partial charge in [-0.2, -0.15) is 0 Å². The molecule has 0 rings (SSSR count). The van der Waals surface area contributed by atoms with E-state index in [4.69, 9.17) is 0 Å². The van der Waals surface area contributed by atoms with Gasteiger partial charge in [-0.15, -0.1) is 0 Å². The first-order chi connectivity index (χ1) is 5.85. The predicted octanol–water partition coefficient (Wildman–Crippen LogP) is 3.11. The molecule has 1 nitrogen and oxygen atoms in total. The van der Waals surface area contributed by atoms with Crippen LogP contribution in [0.4, 0.5) is 0 Å². The molecule has 0 bridgehead atoms. The third-order valence-electron chi connectivity index (χ3n) is 2.25. The summed E-state index contributed by atoms with van der Waals surface area (Å²) in [4.78, 5) is 2.49. The Balaban J connectivity index is 3.19. The maximum Gasteiger partial charge on any atom is -0.00189 e. The standard InChI is InChI=1S/C11H24N/c1-4-7-8-9-11-12(6-3)10-5-2/h2,4-11H2,1,3H3. The SMILES string of the molecule is [CH2]CCN(CC)CCCCCC. The fourth-order valence-corrected chi connectivity index (χ4v) is 1.41. The summed E-state index contributed by atoms with van der Waals surface area (Å²) in [6, 6.07) is 0. The van der Waals surface area contributed by atoms with Crippen molar-refractivity contribution in [2.24, 2.45) is 0 Å². The number of hydrogen-bond acceptors (Lipinski definition) is 1. The van der Waals surface area contributed by atoms with Crippen LogP contribution < -0.4 is 0 Å². The van der Waals surface area contributed by atoms with Crippen LogP contribution in [-0.4, -0.2) is 24.5 Å². The molecule has 0 aliphatic rings. The van der Waals surface area contributed by atoms with Gasteiger partial charge in [-0.25, -0.2) is 0 Å². The van der Waals surface area contributed by atoms with E-state index in [1.54, 1.807) is 0 Å². The van der Waals surface area contributed by atoms with E-state index in [-0.39, 0.29) is 0 Å². The van der Waals surface area contributed by atoms with Gasteiger partial charge in [-0.05, 0) is 32.5 Å². The van der Waals surface area contributed by atoms with E-state index in [1.807, 2.05) is 0 Å². The molecule has 73 valence electrons. The summed E-state index contributed by atoms with van der Waals surface area (Å²) in [5, 5.41) is 0. The fourth-order valence-electron chi connectivity index (χ4n) is 1.41. The van der Waals surface area contributed by atoms with Crippen LogP contribution in [0.25, 0.3) is 0 Å². The lowest BCUT2D eigenvalue weighted by molar-refractivity contribution is 0.285. The lowest BCUT2D eigenvalue weighted by Crippen LogP contribution is -2.25. The maximum atomic E-state index is 3.88. The Labute approximate surface area is 78.1 Å². The molecule has 0 heterocycles. The maximum absolute atomic E-state index is 3.88. The predicted molar refractivity (Wildman–Crippen MR) is 56.2 cm³/mol. The van der Waals surface area contributed by atoms with Crippen LogP contribution in [0.2, 0.25) is 0 Å². The molecule has 0 aromatic heterocycles. The summed E-state index contributed by atoms with van der Waals surface area (Å²) < 4.78 is 0. The quantitative estimate of drug-likeness (QED) is 0.506. The molecule has 0 aromatic carbocycles. The second-order valence-corrected chi connectivity index (χ2v) is 3.35. The van der Waals surface area contributed by atoms with Gasteiger partial charge in [0.25, 0.3) is 0 Å². The van der Waals surface area contributed by atoms with Gasteiger partial charge in [0.2, 0.25) is 0 Å². The van der Waals surface area contributed by atoms with Crippen LogP contribution in [0.3, 0.4) is 0 Å². The smallest absolute Gasteiger partial charge is 0.00189 e. The van der Waals surface area contributed by atoms with Gasteiger partial charge < -0.3 is 4.90 Å². The van der Waals surface area contributed by atoms with Crippen LogP contribution in [0.15, 0.2) is 0 Å². The van der Waals surface area contributed by atoms with Gasteiger partial charge in [-0.1, -0.05) is 40.0 Å². The summed E-state index contributed by atoms with van der Waals surface area (Å²) in [6.07, 6.45) is 6.52. The Morgan fingerprint density at radius 1 is 1.00 bits per heavy atom. The number of unbranched alkanes of at least 4 members (excludes halogenated alkanes) is 3. The zero-order valence-electron chi connectivity index (χ0n) is 8.81. The highest BCUT2D eigenvalue weighted by molar-refractivity contribution is 4.56. The molecule has 0 saturated heterocycles. The Morgan fingerprint density at radius 2 is 1.75 bits per heavy atom. The van der Waals surface area contributed by atoms with Gasteiger partial charge in [0.15, 0.2) is 0 Å². The van der Waals surface area contributed by atoms with E-state index in [0.29, 0.717) is 0 Å². The Bertz CT molecular complexity index is 81.1. The zero-order chi connectivity index (χ0) is 9.23. The normalized spacial score (nSPS) is 11.0. The molecule has 12 heavy (non-hydrogen) atoms. The molecular weight excluding hydrogens is 146 g/mol. The van der Waals surface area contributed by atoms with Crippen molar-refractivity contribution in [3.8, 4) is 0 Å². The fraction of sp³-hybridized carbons (Fsp3) is 0.909. The van der Waals surface area contributed by atoms with Gasteiger partial charge in [0.05, 0.1) is 0 Å². The summed E-state index contributed by atoms with van der Waals surface area (Å²) in [5.41, 5.74) is 0. The van der Waals surface area contributed by atoms with Crippen LogP contribution in [0, 0.1) is 6.92 Å². The molecule has 0 N–H and O–H groups in total. The molecule has 1 heteroatoms. The minimum absolute atomic E-state index is 1.04. The third kappa shape index (κ3) is 6.66. The second-order valence-electron chi connectivity index (χ2n) is 3.35. The first-order valence-corrected chi connectivity index (χ1v) is 5.36. The van der Waals surface area contributed by atoms with Crippen molar-refractivity contribution in [3.05, 3.63) is 6.92 Å². The molecular formula is C11H24N. The van der Waals surface area contributed by atoms with E-state index in [1.165, 1.54) is 45.3 Å². The molecule has 0 aromatic rings. The van der Waals surface area contributed by atoms with Crippen molar-refractivity contribution in [1.29, 1.82) is 0 Å². The lowest BCUT2D eigenvalue weighted by Gasteiger charge is -2.18. The Hall–Kier alpha value is -0.0400. The topological polar surface area (TPSA) is 3.24 Å². The van der Waals surface area contributed by atoms with E-state index >= 15 is 0 Å². The van der Waals surface area contributed by atoms with E-state index in [9.17, 15) is 0 Å². The van der Waals surface area contributed by atoms with Crippen molar-refractivity contribution in [2.75, 3.05) is 19.6 Å². The molecule has 0 aliphatic carbocycles. The Morgan fingerprint density at radius 3 is 2.25 bits per heavy atom. The van der Waals surface area contributed by atoms with Crippen molar-refractivity contribution in [3.63, 3.8) is 0 Å². The second kappa shape index (κ2) is 9.05. The zero-order valence-corrected chi connectivity index (χ0v) is 8.81. The molecule has 1 radical (unpaired) electrons. The molecule has 0 fully saturated rings. The first-order valence-electron chi connectivity index (χ1n) is 5.36. The monoisotopic (exact) mass is 170 g/mol.